The van der Waals surface area contributed by atoms with Gasteiger partial charge in [-0.3, -0.25) is 4.79 Å². The van der Waals surface area contributed by atoms with E-state index in [1.807, 2.05) is 31.2 Å². The van der Waals surface area contributed by atoms with E-state index < -0.39 is 18.2 Å². The van der Waals surface area contributed by atoms with E-state index in [-0.39, 0.29) is 30.3 Å². The van der Waals surface area contributed by atoms with Crippen molar-refractivity contribution in [3.05, 3.63) is 41.5 Å². The molecule has 1 aliphatic heterocycles. The third kappa shape index (κ3) is 4.83. The second-order valence-electron chi connectivity index (χ2n) is 8.13. The molecule has 1 aliphatic carbocycles. The highest BCUT2D eigenvalue weighted by Gasteiger charge is 2.48. The quantitative estimate of drug-likeness (QED) is 0.462. The van der Waals surface area contributed by atoms with Gasteiger partial charge in [0.05, 0.1) is 12.2 Å². The summed E-state index contributed by atoms with van der Waals surface area (Å²) in [6, 6.07) is 6.01. The summed E-state index contributed by atoms with van der Waals surface area (Å²) in [6.07, 6.45) is 5.07. The highest BCUT2D eigenvalue weighted by molar-refractivity contribution is 5.66. The van der Waals surface area contributed by atoms with E-state index in [1.54, 1.807) is 13.0 Å². The molecule has 0 spiro atoms. The largest absolute Gasteiger partial charge is 0.489 e. The van der Waals surface area contributed by atoms with Crippen LogP contribution in [-0.2, 0) is 11.2 Å². The Bertz CT molecular complexity index is 818. The molecule has 5 nitrogen and oxygen atoms in total. The molecule has 1 heterocycles. The highest BCUT2D eigenvalue weighted by Crippen LogP contribution is 2.52. The normalized spacial score (nSPS) is 26.9. The molecule has 2 aliphatic rings. The van der Waals surface area contributed by atoms with Crippen molar-refractivity contribution < 1.29 is 24.9 Å². The van der Waals surface area contributed by atoms with Crippen LogP contribution in [0.25, 0.3) is 0 Å². The Morgan fingerprint density at radius 3 is 2.93 bits per heavy atom. The van der Waals surface area contributed by atoms with Crippen LogP contribution in [0.2, 0.25) is 0 Å². The van der Waals surface area contributed by atoms with E-state index in [0.717, 1.165) is 16.9 Å². The van der Waals surface area contributed by atoms with Gasteiger partial charge in [-0.15, -0.1) is 11.8 Å². The topological polar surface area (TPSA) is 87.0 Å². The van der Waals surface area contributed by atoms with Gasteiger partial charge in [0.1, 0.15) is 11.9 Å². The second-order valence-corrected chi connectivity index (χ2v) is 8.13. The van der Waals surface area contributed by atoms with E-state index >= 15 is 0 Å². The zero-order chi connectivity index (χ0) is 21.0. The molecule has 1 saturated carbocycles. The summed E-state index contributed by atoms with van der Waals surface area (Å²) in [5.74, 6) is 5.87. The van der Waals surface area contributed by atoms with E-state index in [9.17, 15) is 15.0 Å². The smallest absolute Gasteiger partial charge is 0.303 e. The fraction of sp³-hybridized carbons (Fsp3) is 0.542. The van der Waals surface area contributed by atoms with Crippen LogP contribution in [0.15, 0.2) is 30.4 Å². The molecule has 1 fully saturated rings. The average Bonchev–Trinajstić information content (AvgIpc) is 3.19. The number of aryl methyl sites for hydroxylation is 1. The van der Waals surface area contributed by atoms with Gasteiger partial charge in [-0.2, -0.15) is 0 Å². The van der Waals surface area contributed by atoms with Gasteiger partial charge >= 0.3 is 5.97 Å². The van der Waals surface area contributed by atoms with Crippen LogP contribution in [0, 0.1) is 23.7 Å². The van der Waals surface area contributed by atoms with Gasteiger partial charge in [-0.05, 0) is 31.2 Å². The lowest BCUT2D eigenvalue weighted by Crippen LogP contribution is -2.19. The van der Waals surface area contributed by atoms with Crippen molar-refractivity contribution in [3.8, 4) is 17.6 Å². The summed E-state index contributed by atoms with van der Waals surface area (Å²) < 4.78 is 6.21. The number of benzene rings is 1. The van der Waals surface area contributed by atoms with Crippen molar-refractivity contribution >= 4 is 5.97 Å². The second kappa shape index (κ2) is 9.47. The van der Waals surface area contributed by atoms with Gasteiger partial charge in [0.2, 0.25) is 0 Å². The molecule has 1 aromatic carbocycles. The number of aliphatic carboxylic acids is 1. The lowest BCUT2D eigenvalue weighted by molar-refractivity contribution is -0.137. The van der Waals surface area contributed by atoms with Crippen molar-refractivity contribution in [1.29, 1.82) is 0 Å². The van der Waals surface area contributed by atoms with Crippen molar-refractivity contribution in [2.24, 2.45) is 11.8 Å². The first-order valence-electron chi connectivity index (χ1n) is 10.4. The van der Waals surface area contributed by atoms with Gasteiger partial charge in [-0.25, -0.2) is 0 Å². The van der Waals surface area contributed by atoms with Crippen molar-refractivity contribution in [2.45, 2.75) is 70.2 Å². The monoisotopic (exact) mass is 398 g/mol. The minimum Gasteiger partial charge on any atom is -0.489 e. The summed E-state index contributed by atoms with van der Waals surface area (Å²) in [6.45, 7) is 3.75. The average molecular weight is 398 g/mol. The van der Waals surface area contributed by atoms with Gasteiger partial charge in [0.15, 0.2) is 0 Å². The minimum atomic E-state index is -0.790. The van der Waals surface area contributed by atoms with Crippen molar-refractivity contribution in [2.75, 3.05) is 0 Å². The number of fused-ring (bicyclic) bond motifs is 3. The third-order valence-corrected chi connectivity index (χ3v) is 6.04. The van der Waals surface area contributed by atoms with Crippen LogP contribution in [0.3, 0.4) is 0 Å². The fourth-order valence-electron chi connectivity index (χ4n) is 4.41. The molecule has 0 radical (unpaired) electrons. The van der Waals surface area contributed by atoms with Crippen LogP contribution in [-0.4, -0.2) is 39.6 Å². The van der Waals surface area contributed by atoms with Gasteiger partial charge < -0.3 is 20.1 Å². The number of hydrogen-bond acceptors (Lipinski definition) is 4. The maximum Gasteiger partial charge on any atom is 0.303 e. The highest BCUT2D eigenvalue weighted by atomic mass is 16.5. The lowest BCUT2D eigenvalue weighted by atomic mass is 9.86. The molecule has 3 N–H and O–H groups in total. The van der Waals surface area contributed by atoms with Crippen LogP contribution < -0.4 is 4.74 Å². The summed E-state index contributed by atoms with van der Waals surface area (Å²) in [4.78, 5) is 10.8. The van der Waals surface area contributed by atoms with Crippen LogP contribution in [0.5, 0.6) is 5.75 Å². The molecular weight excluding hydrogens is 368 g/mol. The molecule has 0 aromatic heterocycles. The van der Waals surface area contributed by atoms with Gasteiger partial charge in [-0.1, -0.05) is 37.3 Å². The predicted octanol–water partition coefficient (Wildman–Crippen LogP) is 3.29. The van der Waals surface area contributed by atoms with E-state index in [0.29, 0.717) is 25.7 Å². The molecule has 5 heteroatoms. The zero-order valence-corrected chi connectivity index (χ0v) is 17.0. The molecule has 0 amide bonds. The molecule has 0 bridgehead atoms. The molecule has 29 heavy (non-hydrogen) atoms. The van der Waals surface area contributed by atoms with Crippen LogP contribution >= 0.6 is 0 Å². The molecule has 3 rings (SSSR count). The number of para-hydroxylation sites is 1. The number of rotatable bonds is 8. The first-order chi connectivity index (χ1) is 13.9. The Labute approximate surface area is 172 Å². The number of ether oxygens (including phenoxy) is 1. The number of carboxylic acid groups (broad SMARTS) is 1. The Balaban J connectivity index is 1.75. The van der Waals surface area contributed by atoms with Crippen LogP contribution in [0.1, 0.15) is 56.6 Å². The van der Waals surface area contributed by atoms with E-state index in [4.69, 9.17) is 9.84 Å². The minimum absolute atomic E-state index is 0.0287. The number of carboxylic acids is 1. The molecule has 156 valence electrons. The third-order valence-electron chi connectivity index (χ3n) is 6.04. The Morgan fingerprint density at radius 2 is 2.21 bits per heavy atom. The fourth-order valence-corrected chi connectivity index (χ4v) is 4.41. The van der Waals surface area contributed by atoms with E-state index in [1.165, 1.54) is 0 Å². The lowest BCUT2D eigenvalue weighted by Gasteiger charge is -2.19. The summed E-state index contributed by atoms with van der Waals surface area (Å²) in [5, 5.41) is 29.9. The Morgan fingerprint density at radius 1 is 1.41 bits per heavy atom. The first kappa shape index (κ1) is 21.4. The maximum atomic E-state index is 10.8. The standard InChI is InChI=1S/C24H30O5/c1-3-4-7-15(2)19(25)13-12-17-20(26)14-21-23(17)18-10-5-8-16(24(18)29-21)9-6-11-22(27)28/h5,8,10,12-13,15,17,19-21,23,25-26H,6-7,9,11,14H2,1-2H3,(H,27,28)/b13-12+/t15-,17-,19+,20-,21-,23+/m1/s1. The molecule has 6 atom stereocenters. The first-order valence-corrected chi connectivity index (χ1v) is 10.4. The zero-order valence-electron chi connectivity index (χ0n) is 17.0. The summed E-state index contributed by atoms with van der Waals surface area (Å²) >= 11 is 0. The Kier molecular flexibility index (Phi) is 7.00. The number of hydrogen-bond donors (Lipinski definition) is 3. The van der Waals surface area contributed by atoms with Crippen molar-refractivity contribution in [1.82, 2.24) is 0 Å². The van der Waals surface area contributed by atoms with Crippen LogP contribution in [0.4, 0.5) is 0 Å². The number of aliphatic hydroxyl groups excluding tert-OH is 2. The summed E-state index contributed by atoms with van der Waals surface area (Å²) in [7, 11) is 0. The number of aliphatic hydroxyl groups is 2. The van der Waals surface area contributed by atoms with Crippen molar-refractivity contribution in [3.63, 3.8) is 0 Å². The summed E-state index contributed by atoms with van der Waals surface area (Å²) in [5.41, 5.74) is 2.11. The van der Waals surface area contributed by atoms with Gasteiger partial charge in [0, 0.05) is 36.7 Å². The molecule has 0 unspecified atom stereocenters. The Hall–Kier alpha value is -2.29. The molecule has 0 saturated heterocycles. The SMILES string of the molecule is CC#CC[C@@H](C)[C@@H](O)/C=C/[C@H]1[C@H]2c3cccc(CCCC(=O)O)c3O[C@@H]2C[C@H]1O. The number of carbonyl (C=O) groups is 1. The predicted molar refractivity (Wildman–Crippen MR) is 111 cm³/mol. The molecule has 1 aromatic rings. The molecular formula is C24H30O5. The van der Waals surface area contributed by atoms with Gasteiger partial charge in [0.25, 0.3) is 0 Å². The van der Waals surface area contributed by atoms with E-state index in [2.05, 4.69) is 11.8 Å². The maximum absolute atomic E-state index is 10.8.